The first-order valence-electron chi connectivity index (χ1n) is 8.03. The van der Waals surface area contributed by atoms with Crippen molar-refractivity contribution in [3.8, 4) is 5.75 Å². The molecule has 0 aliphatic heterocycles. The average molecular weight is 361 g/mol. The Morgan fingerprint density at radius 1 is 1.15 bits per heavy atom. The third-order valence-electron chi connectivity index (χ3n) is 3.60. The molecule has 0 heterocycles. The molecule has 1 amide bonds. The lowest BCUT2D eigenvalue weighted by atomic mass is 10.1. The molecule has 0 spiro atoms. The number of hydrogen-bond donors (Lipinski definition) is 2. The fourth-order valence-corrected chi connectivity index (χ4v) is 2.41. The number of hydrazone groups is 1. The SMILES string of the molecule is Cc1ccc(NCC(=O)N/N=C\c2cc(C)c(OC(F)F)c(C)c2)cc1. The molecule has 2 rings (SSSR count). The molecule has 0 saturated carbocycles. The lowest BCUT2D eigenvalue weighted by Crippen LogP contribution is -2.25. The number of anilines is 1. The molecule has 0 aliphatic rings. The van der Waals surface area contributed by atoms with Crippen LogP contribution in [0.1, 0.15) is 22.3 Å². The van der Waals surface area contributed by atoms with E-state index in [4.69, 9.17) is 0 Å². The van der Waals surface area contributed by atoms with Gasteiger partial charge in [-0.2, -0.15) is 13.9 Å². The number of halogens is 2. The Kier molecular flexibility index (Phi) is 6.66. The van der Waals surface area contributed by atoms with Crippen molar-refractivity contribution in [2.24, 2.45) is 5.10 Å². The third-order valence-corrected chi connectivity index (χ3v) is 3.60. The summed E-state index contributed by atoms with van der Waals surface area (Å²) >= 11 is 0. The second-order valence-corrected chi connectivity index (χ2v) is 5.88. The molecule has 0 aromatic heterocycles. The fourth-order valence-electron chi connectivity index (χ4n) is 2.41. The number of ether oxygens (including phenoxy) is 1. The van der Waals surface area contributed by atoms with E-state index in [-0.39, 0.29) is 18.2 Å². The minimum absolute atomic E-state index is 0.0830. The second kappa shape index (κ2) is 8.94. The van der Waals surface area contributed by atoms with Crippen molar-refractivity contribution in [2.45, 2.75) is 27.4 Å². The maximum Gasteiger partial charge on any atom is 0.387 e. The van der Waals surface area contributed by atoms with Crippen molar-refractivity contribution >= 4 is 17.8 Å². The molecule has 0 atom stereocenters. The van der Waals surface area contributed by atoms with E-state index in [1.165, 1.54) is 6.21 Å². The first kappa shape index (κ1) is 19.4. The van der Waals surface area contributed by atoms with Crippen LogP contribution in [0.4, 0.5) is 14.5 Å². The third kappa shape index (κ3) is 5.84. The Bertz CT molecular complexity index is 767. The van der Waals surface area contributed by atoms with Crippen LogP contribution in [0.25, 0.3) is 0 Å². The van der Waals surface area contributed by atoms with Crippen LogP contribution in [0, 0.1) is 20.8 Å². The standard InChI is InChI=1S/C19H21F2N3O2/c1-12-4-6-16(7-5-12)22-11-17(25)24-23-10-15-8-13(2)18(14(3)9-15)26-19(20)21/h4-10,19,22H,11H2,1-3H3,(H,24,25)/b23-10-. The maximum absolute atomic E-state index is 12.4. The molecule has 0 unspecified atom stereocenters. The molecule has 0 fully saturated rings. The van der Waals surface area contributed by atoms with Crippen molar-refractivity contribution in [1.82, 2.24) is 5.43 Å². The summed E-state index contributed by atoms with van der Waals surface area (Å²) in [5, 5.41) is 6.88. The number of aryl methyl sites for hydroxylation is 3. The van der Waals surface area contributed by atoms with Crippen LogP contribution in [0.5, 0.6) is 5.75 Å². The van der Waals surface area contributed by atoms with Gasteiger partial charge in [-0.1, -0.05) is 17.7 Å². The number of benzene rings is 2. The van der Waals surface area contributed by atoms with Gasteiger partial charge in [0.1, 0.15) is 5.75 Å². The minimum atomic E-state index is -2.87. The Labute approximate surface area is 151 Å². The van der Waals surface area contributed by atoms with E-state index < -0.39 is 6.61 Å². The smallest absolute Gasteiger partial charge is 0.387 e. The van der Waals surface area contributed by atoms with Crippen molar-refractivity contribution < 1.29 is 18.3 Å². The Balaban J connectivity index is 1.89. The van der Waals surface area contributed by atoms with Gasteiger partial charge in [0.25, 0.3) is 5.91 Å². The first-order chi connectivity index (χ1) is 12.3. The van der Waals surface area contributed by atoms with Crippen LogP contribution < -0.4 is 15.5 Å². The maximum atomic E-state index is 12.4. The topological polar surface area (TPSA) is 62.7 Å². The number of nitrogens with one attached hydrogen (secondary N) is 2. The summed E-state index contributed by atoms with van der Waals surface area (Å²) in [6.07, 6.45) is 1.45. The van der Waals surface area contributed by atoms with Crippen LogP contribution in [-0.4, -0.2) is 25.3 Å². The molecule has 0 saturated heterocycles. The molecular weight excluding hydrogens is 340 g/mol. The summed E-state index contributed by atoms with van der Waals surface area (Å²) in [7, 11) is 0. The Hall–Kier alpha value is -2.96. The highest BCUT2D eigenvalue weighted by Crippen LogP contribution is 2.25. The van der Waals surface area contributed by atoms with E-state index in [9.17, 15) is 13.6 Å². The normalized spacial score (nSPS) is 11.0. The molecular formula is C19H21F2N3O2. The highest BCUT2D eigenvalue weighted by molar-refractivity contribution is 5.84. The van der Waals surface area contributed by atoms with Crippen molar-refractivity contribution in [3.05, 3.63) is 58.7 Å². The van der Waals surface area contributed by atoms with E-state index in [1.54, 1.807) is 26.0 Å². The van der Waals surface area contributed by atoms with Crippen LogP contribution in [0.3, 0.4) is 0 Å². The van der Waals surface area contributed by atoms with E-state index in [0.29, 0.717) is 16.7 Å². The number of hydrogen-bond acceptors (Lipinski definition) is 4. The predicted octanol–water partition coefficient (Wildman–Crippen LogP) is 3.78. The van der Waals surface area contributed by atoms with Crippen LogP contribution in [0.2, 0.25) is 0 Å². The van der Waals surface area contributed by atoms with Gasteiger partial charge in [0.05, 0.1) is 12.8 Å². The highest BCUT2D eigenvalue weighted by Gasteiger charge is 2.11. The molecule has 0 aliphatic carbocycles. The number of amides is 1. The van der Waals surface area contributed by atoms with Gasteiger partial charge in [0.2, 0.25) is 0 Å². The molecule has 2 aromatic rings. The zero-order chi connectivity index (χ0) is 19.1. The number of carbonyl (C=O) groups excluding carboxylic acids is 1. The molecule has 2 N–H and O–H groups in total. The molecule has 26 heavy (non-hydrogen) atoms. The highest BCUT2D eigenvalue weighted by atomic mass is 19.3. The molecule has 5 nitrogen and oxygen atoms in total. The van der Waals surface area contributed by atoms with Crippen molar-refractivity contribution in [3.63, 3.8) is 0 Å². The van der Waals surface area contributed by atoms with E-state index in [0.717, 1.165) is 11.3 Å². The Morgan fingerprint density at radius 2 is 1.77 bits per heavy atom. The summed E-state index contributed by atoms with van der Waals surface area (Å²) in [6, 6.07) is 11.0. The van der Waals surface area contributed by atoms with Crippen molar-refractivity contribution in [1.29, 1.82) is 0 Å². The first-order valence-corrected chi connectivity index (χ1v) is 8.03. The lowest BCUT2D eigenvalue weighted by molar-refractivity contribution is -0.119. The number of nitrogens with zero attached hydrogens (tertiary/aromatic N) is 1. The summed E-state index contributed by atoms with van der Waals surface area (Å²) in [5.41, 5.74) is 6.21. The van der Waals surface area contributed by atoms with E-state index in [2.05, 4.69) is 20.6 Å². The van der Waals surface area contributed by atoms with Crippen LogP contribution in [-0.2, 0) is 4.79 Å². The molecule has 138 valence electrons. The van der Waals surface area contributed by atoms with Gasteiger partial charge in [-0.05, 0) is 61.7 Å². The quantitative estimate of drug-likeness (QED) is 0.583. The van der Waals surface area contributed by atoms with Gasteiger partial charge >= 0.3 is 6.61 Å². The second-order valence-electron chi connectivity index (χ2n) is 5.88. The van der Waals surface area contributed by atoms with Crippen molar-refractivity contribution in [2.75, 3.05) is 11.9 Å². The van der Waals surface area contributed by atoms with Gasteiger partial charge in [-0.25, -0.2) is 5.43 Å². The molecule has 0 bridgehead atoms. The van der Waals surface area contributed by atoms with E-state index >= 15 is 0 Å². The molecule has 7 heteroatoms. The fraction of sp³-hybridized carbons (Fsp3) is 0.263. The van der Waals surface area contributed by atoms with Gasteiger partial charge in [-0.15, -0.1) is 0 Å². The summed E-state index contributed by atoms with van der Waals surface area (Å²) < 4.78 is 29.3. The zero-order valence-corrected chi connectivity index (χ0v) is 14.8. The number of carbonyl (C=O) groups is 1. The van der Waals surface area contributed by atoms with Gasteiger partial charge in [0, 0.05) is 5.69 Å². The Morgan fingerprint density at radius 3 is 2.35 bits per heavy atom. The largest absolute Gasteiger partial charge is 0.434 e. The number of rotatable bonds is 7. The van der Waals surface area contributed by atoms with Gasteiger partial charge in [0.15, 0.2) is 0 Å². The van der Waals surface area contributed by atoms with Gasteiger partial charge < -0.3 is 10.1 Å². The van der Waals surface area contributed by atoms with Gasteiger partial charge in [-0.3, -0.25) is 4.79 Å². The molecule has 2 aromatic carbocycles. The zero-order valence-electron chi connectivity index (χ0n) is 14.8. The van der Waals surface area contributed by atoms with Crippen LogP contribution in [0.15, 0.2) is 41.5 Å². The number of alkyl halides is 2. The lowest BCUT2D eigenvalue weighted by Gasteiger charge is -2.11. The van der Waals surface area contributed by atoms with E-state index in [1.807, 2.05) is 31.2 Å². The average Bonchev–Trinajstić information content (AvgIpc) is 2.57. The summed E-state index contributed by atoms with van der Waals surface area (Å²) in [4.78, 5) is 11.8. The van der Waals surface area contributed by atoms with Crippen LogP contribution >= 0.6 is 0 Å². The monoisotopic (exact) mass is 361 g/mol. The summed E-state index contributed by atoms with van der Waals surface area (Å²) in [5.74, 6) is -0.142. The minimum Gasteiger partial charge on any atom is -0.434 e. The summed E-state index contributed by atoms with van der Waals surface area (Å²) in [6.45, 7) is 2.55. The predicted molar refractivity (Wildman–Crippen MR) is 98.0 cm³/mol. The molecule has 0 radical (unpaired) electrons.